The highest BCUT2D eigenvalue weighted by molar-refractivity contribution is 5.93. The molecule has 0 aromatic carbocycles. The van der Waals surface area contributed by atoms with Crippen LogP contribution in [0.2, 0.25) is 0 Å². The fraction of sp³-hybridized carbons (Fsp3) is 0.737. The zero-order valence-corrected chi connectivity index (χ0v) is 15.8. The van der Waals surface area contributed by atoms with E-state index in [9.17, 15) is 19.8 Å². The summed E-state index contributed by atoms with van der Waals surface area (Å²) in [7, 11) is 1.84. The molecule has 1 saturated heterocycles. The van der Waals surface area contributed by atoms with Gasteiger partial charge in [-0.15, -0.1) is 0 Å². The van der Waals surface area contributed by atoms with E-state index in [0.717, 1.165) is 18.5 Å². The van der Waals surface area contributed by atoms with Gasteiger partial charge in [-0.3, -0.25) is 14.3 Å². The van der Waals surface area contributed by atoms with Crippen molar-refractivity contribution in [1.29, 1.82) is 0 Å². The first-order valence-corrected chi connectivity index (χ1v) is 9.49. The van der Waals surface area contributed by atoms with Crippen molar-refractivity contribution in [2.24, 2.45) is 18.4 Å². The molecule has 7 heteroatoms. The summed E-state index contributed by atoms with van der Waals surface area (Å²) >= 11 is 0. The third-order valence-corrected chi connectivity index (χ3v) is 5.80. The van der Waals surface area contributed by atoms with Gasteiger partial charge in [-0.1, -0.05) is 13.8 Å². The minimum Gasteiger partial charge on any atom is -0.481 e. The van der Waals surface area contributed by atoms with Crippen LogP contribution in [-0.4, -0.2) is 56.0 Å². The van der Waals surface area contributed by atoms with Crippen molar-refractivity contribution in [3.63, 3.8) is 0 Å². The zero-order valence-electron chi connectivity index (χ0n) is 15.8. The highest BCUT2D eigenvalue weighted by Gasteiger charge is 2.50. The third-order valence-electron chi connectivity index (χ3n) is 5.80. The van der Waals surface area contributed by atoms with Crippen molar-refractivity contribution in [1.82, 2.24) is 14.7 Å². The summed E-state index contributed by atoms with van der Waals surface area (Å²) in [5, 5.41) is 24.7. The Morgan fingerprint density at radius 1 is 1.35 bits per heavy atom. The highest BCUT2D eigenvalue weighted by Crippen LogP contribution is 2.40. The van der Waals surface area contributed by atoms with Crippen LogP contribution in [0.4, 0.5) is 0 Å². The number of aryl methyl sites for hydroxylation is 1. The number of amides is 1. The first kappa shape index (κ1) is 18.9. The van der Waals surface area contributed by atoms with Crippen LogP contribution in [0, 0.1) is 11.3 Å². The number of carboxylic acid groups (broad SMARTS) is 1. The van der Waals surface area contributed by atoms with Gasteiger partial charge >= 0.3 is 5.97 Å². The number of aliphatic carboxylic acids is 1. The highest BCUT2D eigenvalue weighted by atomic mass is 16.4. The summed E-state index contributed by atoms with van der Waals surface area (Å²) in [5.74, 6) is -0.444. The van der Waals surface area contributed by atoms with Gasteiger partial charge in [0.1, 0.15) is 5.41 Å². The van der Waals surface area contributed by atoms with Crippen LogP contribution in [0.15, 0.2) is 6.07 Å². The van der Waals surface area contributed by atoms with Crippen molar-refractivity contribution in [3.05, 3.63) is 17.5 Å². The molecule has 1 aliphatic heterocycles. The van der Waals surface area contributed by atoms with Crippen LogP contribution in [0.1, 0.15) is 68.1 Å². The van der Waals surface area contributed by atoms with E-state index in [-0.39, 0.29) is 18.9 Å². The normalized spacial score (nSPS) is 26.3. The molecule has 1 amide bonds. The molecule has 2 N–H and O–H groups in total. The van der Waals surface area contributed by atoms with Crippen LogP contribution in [-0.2, 0) is 11.8 Å². The minimum atomic E-state index is -1.30. The molecule has 0 radical (unpaired) electrons. The predicted molar refractivity (Wildman–Crippen MR) is 95.9 cm³/mol. The lowest BCUT2D eigenvalue weighted by Crippen LogP contribution is -2.57. The van der Waals surface area contributed by atoms with Crippen LogP contribution in [0.5, 0.6) is 0 Å². The molecule has 1 aliphatic carbocycles. The molecular formula is C19H29N3O4. The molecule has 26 heavy (non-hydrogen) atoms. The maximum Gasteiger partial charge on any atom is 0.314 e. The van der Waals surface area contributed by atoms with Gasteiger partial charge in [-0.2, -0.15) is 5.10 Å². The number of carbonyl (C=O) groups excluding carboxylic acids is 1. The van der Waals surface area contributed by atoms with E-state index in [0.29, 0.717) is 36.9 Å². The summed E-state index contributed by atoms with van der Waals surface area (Å²) in [5.41, 5.74) is 0.135. The van der Waals surface area contributed by atoms with Crippen molar-refractivity contribution >= 4 is 11.9 Å². The number of rotatable bonds is 6. The number of hydrogen-bond acceptors (Lipinski definition) is 4. The molecule has 0 bridgehead atoms. The van der Waals surface area contributed by atoms with E-state index in [1.165, 1.54) is 0 Å². The SMILES string of the molecule is CC(C)CC[C@@]1(C(=O)O)CN(C(=O)c2cc(C3CC3)n(C)n2)CC[C@@H]1O. The lowest BCUT2D eigenvalue weighted by atomic mass is 9.72. The van der Waals surface area contributed by atoms with Crippen molar-refractivity contribution in [3.8, 4) is 0 Å². The van der Waals surface area contributed by atoms with Gasteiger partial charge in [-0.25, -0.2) is 0 Å². The van der Waals surface area contributed by atoms with Gasteiger partial charge in [0, 0.05) is 31.7 Å². The first-order valence-electron chi connectivity index (χ1n) is 9.49. The molecule has 2 fully saturated rings. The Morgan fingerprint density at radius 3 is 2.62 bits per heavy atom. The topological polar surface area (TPSA) is 95.7 Å². The van der Waals surface area contributed by atoms with Crippen LogP contribution in [0.25, 0.3) is 0 Å². The first-order chi connectivity index (χ1) is 12.2. The average Bonchev–Trinajstić information content (AvgIpc) is 3.35. The molecule has 1 aromatic rings. The quantitative estimate of drug-likeness (QED) is 0.806. The number of likely N-dealkylation sites (tertiary alicyclic amines) is 1. The van der Waals surface area contributed by atoms with E-state index in [2.05, 4.69) is 5.10 Å². The maximum atomic E-state index is 12.9. The molecule has 2 aliphatic rings. The number of piperidine rings is 1. The number of carboxylic acids is 1. The molecule has 1 aromatic heterocycles. The molecule has 3 rings (SSSR count). The second kappa shape index (κ2) is 7.02. The molecule has 7 nitrogen and oxygen atoms in total. The van der Waals surface area contributed by atoms with Crippen molar-refractivity contribution < 1.29 is 19.8 Å². The average molecular weight is 363 g/mol. The van der Waals surface area contributed by atoms with E-state index in [1.54, 1.807) is 9.58 Å². The second-order valence-electron chi connectivity index (χ2n) is 8.28. The number of aromatic nitrogens is 2. The standard InChI is InChI=1S/C19H29N3O4/c1-12(2)6-8-19(18(25)26)11-22(9-7-16(19)23)17(24)14-10-15(13-4-5-13)21(3)20-14/h10,12-13,16,23H,4-9,11H2,1-3H3,(H,25,26)/t16-,19+/m0/s1. The Balaban J connectivity index is 1.80. The van der Waals surface area contributed by atoms with Gasteiger partial charge in [0.15, 0.2) is 5.69 Å². The molecular weight excluding hydrogens is 334 g/mol. The Bertz CT molecular complexity index is 695. The molecule has 1 saturated carbocycles. The number of hydrogen-bond donors (Lipinski definition) is 2. The number of carbonyl (C=O) groups is 2. The Morgan fingerprint density at radius 2 is 2.04 bits per heavy atom. The van der Waals surface area contributed by atoms with E-state index >= 15 is 0 Å². The molecule has 0 unspecified atom stereocenters. The summed E-state index contributed by atoms with van der Waals surface area (Å²) in [6, 6.07) is 1.83. The second-order valence-corrected chi connectivity index (χ2v) is 8.28. The summed E-state index contributed by atoms with van der Waals surface area (Å²) in [6.45, 7) is 4.44. The smallest absolute Gasteiger partial charge is 0.314 e. The monoisotopic (exact) mass is 363 g/mol. The Kier molecular flexibility index (Phi) is 5.10. The van der Waals surface area contributed by atoms with Gasteiger partial charge < -0.3 is 15.1 Å². The molecule has 144 valence electrons. The van der Waals surface area contributed by atoms with E-state index in [4.69, 9.17) is 0 Å². The van der Waals surface area contributed by atoms with Crippen molar-refractivity contribution in [2.45, 2.75) is 58.0 Å². The van der Waals surface area contributed by atoms with Gasteiger partial charge in [0.05, 0.1) is 6.10 Å². The van der Waals surface area contributed by atoms with Crippen LogP contribution >= 0.6 is 0 Å². The Labute approximate surface area is 154 Å². The largest absolute Gasteiger partial charge is 0.481 e. The van der Waals surface area contributed by atoms with E-state index in [1.807, 2.05) is 27.0 Å². The fourth-order valence-electron chi connectivity index (χ4n) is 3.87. The minimum absolute atomic E-state index is 0.0321. The number of aliphatic hydroxyl groups is 1. The summed E-state index contributed by atoms with van der Waals surface area (Å²) in [4.78, 5) is 26.5. The van der Waals surface area contributed by atoms with Crippen LogP contribution in [0.3, 0.4) is 0 Å². The summed E-state index contributed by atoms with van der Waals surface area (Å²) < 4.78 is 1.76. The molecule has 2 heterocycles. The Hall–Kier alpha value is -1.89. The zero-order chi connectivity index (χ0) is 19.1. The van der Waals surface area contributed by atoms with Crippen LogP contribution < -0.4 is 0 Å². The number of nitrogens with zero attached hydrogens (tertiary/aromatic N) is 3. The van der Waals surface area contributed by atoms with Gasteiger partial charge in [0.2, 0.25) is 0 Å². The lowest BCUT2D eigenvalue weighted by Gasteiger charge is -2.43. The van der Waals surface area contributed by atoms with Crippen molar-refractivity contribution in [2.75, 3.05) is 13.1 Å². The van der Waals surface area contributed by atoms with E-state index < -0.39 is 17.5 Å². The fourth-order valence-corrected chi connectivity index (χ4v) is 3.87. The third kappa shape index (κ3) is 3.49. The molecule has 2 atom stereocenters. The number of aliphatic hydroxyl groups excluding tert-OH is 1. The maximum absolute atomic E-state index is 12.9. The predicted octanol–water partition coefficient (Wildman–Crippen LogP) is 2.01. The van der Waals surface area contributed by atoms with Gasteiger partial charge in [0.25, 0.3) is 5.91 Å². The molecule has 0 spiro atoms. The van der Waals surface area contributed by atoms with Gasteiger partial charge in [-0.05, 0) is 44.1 Å². The lowest BCUT2D eigenvalue weighted by molar-refractivity contribution is -0.163. The summed E-state index contributed by atoms with van der Waals surface area (Å²) in [6.07, 6.45) is 2.65.